The van der Waals surface area contributed by atoms with Crippen molar-refractivity contribution in [3.8, 4) is 33.6 Å². The number of ether oxygens (including phenoxy) is 1. The predicted molar refractivity (Wildman–Crippen MR) is 210 cm³/mol. The number of nitrogens with zero attached hydrogens (tertiary/aromatic N) is 8. The van der Waals surface area contributed by atoms with Crippen molar-refractivity contribution < 1.29 is 9.84 Å². The van der Waals surface area contributed by atoms with Crippen LogP contribution in [0, 0.1) is 22.7 Å². The van der Waals surface area contributed by atoms with Crippen LogP contribution in [0.3, 0.4) is 0 Å². The number of hydrogen-bond donors (Lipinski definition) is 1. The summed E-state index contributed by atoms with van der Waals surface area (Å²) >= 11 is 3.06. The Hall–Kier alpha value is -6.34. The van der Waals surface area contributed by atoms with Crippen molar-refractivity contribution in [2.24, 2.45) is 0 Å². The van der Waals surface area contributed by atoms with Gasteiger partial charge in [0, 0.05) is 22.9 Å². The Morgan fingerprint density at radius 2 is 1.26 bits per heavy atom. The molecule has 1 N–H and O–H groups in total. The summed E-state index contributed by atoms with van der Waals surface area (Å²) in [7, 11) is 0. The Kier molecular flexibility index (Phi) is 10.1. The Morgan fingerprint density at radius 3 is 1.93 bits per heavy atom. The number of thiazole rings is 2. The third-order valence-corrected chi connectivity index (χ3v) is 11.1. The molecular formula is C42H34N8O2S2. The van der Waals surface area contributed by atoms with Crippen LogP contribution in [0.1, 0.15) is 65.2 Å². The fraction of sp³-hybridized carbons (Fsp3) is 0.190. The zero-order chi connectivity index (χ0) is 36.9. The molecule has 8 aromatic rings. The average molecular weight is 747 g/mol. The van der Waals surface area contributed by atoms with Crippen LogP contribution in [0.4, 0.5) is 0 Å². The standard InChI is InChI=1S/C21H16N4OS.C11H11N.C10H7N3OS/c22-10-14-4-7-18-15(8-14)2-1-3-20(18)26-17-6-5-16-11-24-25(19(16)9-17)21-12-23-13-27-21;12-8-9-5-6-10-3-1-2-4-11(10)7-9;14-8-2-1-7-4-12-13(9(7)3-8)10-5-11-6-15-10/h4-9,11-13,20H,1-3H2;5-7H,1-4H2;1-6,14H/t20-;;/m0../s1. The highest BCUT2D eigenvalue weighted by Crippen LogP contribution is 2.35. The minimum absolute atomic E-state index is 0.0127. The van der Waals surface area contributed by atoms with Gasteiger partial charge in [-0.25, -0.2) is 9.36 Å². The van der Waals surface area contributed by atoms with Crippen molar-refractivity contribution >= 4 is 44.5 Å². The van der Waals surface area contributed by atoms with E-state index in [1.807, 2.05) is 71.7 Å². The van der Waals surface area contributed by atoms with Gasteiger partial charge in [-0.05, 0) is 116 Å². The summed E-state index contributed by atoms with van der Waals surface area (Å²) in [5, 5.41) is 40.0. The van der Waals surface area contributed by atoms with E-state index in [0.717, 1.165) is 68.8 Å². The molecule has 12 heteroatoms. The fourth-order valence-corrected chi connectivity index (χ4v) is 8.18. The molecular weight excluding hydrogens is 713 g/mol. The molecule has 10 nitrogen and oxygen atoms in total. The first-order valence-corrected chi connectivity index (χ1v) is 19.5. The lowest BCUT2D eigenvalue weighted by molar-refractivity contribution is 0.183. The zero-order valence-electron chi connectivity index (χ0n) is 29.2. The third kappa shape index (κ3) is 7.44. The summed E-state index contributed by atoms with van der Waals surface area (Å²) < 4.78 is 10.0. The number of aromatic hydroxyl groups is 1. The second kappa shape index (κ2) is 15.7. The Bertz CT molecular complexity index is 2630. The maximum Gasteiger partial charge on any atom is 0.138 e. The summed E-state index contributed by atoms with van der Waals surface area (Å²) in [5.41, 5.74) is 12.2. The molecule has 0 saturated carbocycles. The van der Waals surface area contributed by atoms with Gasteiger partial charge in [0.05, 0.1) is 70.1 Å². The van der Waals surface area contributed by atoms with E-state index in [9.17, 15) is 5.11 Å². The van der Waals surface area contributed by atoms with E-state index in [-0.39, 0.29) is 11.9 Å². The molecule has 4 heterocycles. The van der Waals surface area contributed by atoms with Crippen LogP contribution in [0.2, 0.25) is 0 Å². The topological polar surface area (TPSA) is 138 Å². The van der Waals surface area contributed by atoms with Crippen LogP contribution >= 0.6 is 22.7 Å². The molecule has 2 aliphatic rings. The average Bonchev–Trinajstić information content (AvgIpc) is 4.06. The minimum Gasteiger partial charge on any atom is -0.508 e. The maximum absolute atomic E-state index is 9.42. The molecule has 0 bridgehead atoms. The largest absolute Gasteiger partial charge is 0.508 e. The summed E-state index contributed by atoms with van der Waals surface area (Å²) in [5.74, 6) is 1.07. The third-order valence-electron chi connectivity index (χ3n) is 9.64. The van der Waals surface area contributed by atoms with Crippen molar-refractivity contribution in [3.63, 3.8) is 0 Å². The van der Waals surface area contributed by atoms with Gasteiger partial charge in [-0.1, -0.05) is 12.1 Å². The molecule has 0 fully saturated rings. The lowest BCUT2D eigenvalue weighted by atomic mass is 9.88. The lowest BCUT2D eigenvalue weighted by Gasteiger charge is -2.26. The molecule has 0 amide bonds. The SMILES string of the molecule is N#Cc1ccc2c(c1)CCCC2.N#Cc1ccc2c(c1)CCC[C@@H]2Oc1ccc2cnn(-c3cncs3)c2c1.Oc1ccc2cnn(-c3cncs3)c2c1. The summed E-state index contributed by atoms with van der Waals surface area (Å²) in [6.45, 7) is 0. The van der Waals surface area contributed by atoms with E-state index in [1.54, 1.807) is 51.6 Å². The van der Waals surface area contributed by atoms with Crippen LogP contribution in [-0.4, -0.2) is 34.6 Å². The predicted octanol–water partition coefficient (Wildman–Crippen LogP) is 9.43. The summed E-state index contributed by atoms with van der Waals surface area (Å²) in [4.78, 5) is 8.15. The van der Waals surface area contributed by atoms with Crippen molar-refractivity contribution in [1.82, 2.24) is 29.5 Å². The van der Waals surface area contributed by atoms with Crippen LogP contribution in [0.5, 0.6) is 11.5 Å². The number of nitriles is 2. The van der Waals surface area contributed by atoms with Gasteiger partial charge in [0.1, 0.15) is 27.6 Å². The van der Waals surface area contributed by atoms with E-state index in [0.29, 0.717) is 5.56 Å². The van der Waals surface area contributed by atoms with Crippen molar-refractivity contribution in [2.45, 2.75) is 51.0 Å². The number of hydrogen-bond acceptors (Lipinski definition) is 10. The van der Waals surface area contributed by atoms with E-state index >= 15 is 0 Å². The molecule has 1 atom stereocenters. The van der Waals surface area contributed by atoms with Gasteiger partial charge in [-0.15, -0.1) is 22.7 Å². The number of phenolic OH excluding ortho intramolecular Hbond substituents is 1. The molecule has 0 radical (unpaired) electrons. The number of fused-ring (bicyclic) bond motifs is 4. The van der Waals surface area contributed by atoms with Gasteiger partial charge < -0.3 is 9.84 Å². The Morgan fingerprint density at radius 1 is 0.648 bits per heavy atom. The molecule has 10 rings (SSSR count). The number of aryl methyl sites for hydroxylation is 3. The molecule has 2 aliphatic carbocycles. The van der Waals surface area contributed by atoms with Crippen molar-refractivity contribution in [1.29, 1.82) is 10.5 Å². The summed E-state index contributed by atoms with van der Waals surface area (Å²) in [6, 6.07) is 27.6. The van der Waals surface area contributed by atoms with Gasteiger partial charge in [0.2, 0.25) is 0 Å². The van der Waals surface area contributed by atoms with Gasteiger partial charge in [-0.2, -0.15) is 20.7 Å². The zero-order valence-corrected chi connectivity index (χ0v) is 30.8. The molecule has 0 unspecified atom stereocenters. The van der Waals surface area contributed by atoms with Crippen LogP contribution in [0.15, 0.2) is 109 Å². The molecule has 0 aliphatic heterocycles. The van der Waals surface area contributed by atoms with Crippen molar-refractivity contribution in [2.75, 3.05) is 0 Å². The monoisotopic (exact) mass is 746 g/mol. The van der Waals surface area contributed by atoms with E-state index in [1.165, 1.54) is 52.9 Å². The highest BCUT2D eigenvalue weighted by Gasteiger charge is 2.22. The van der Waals surface area contributed by atoms with Gasteiger partial charge in [-0.3, -0.25) is 9.97 Å². The quantitative estimate of drug-likeness (QED) is 0.188. The van der Waals surface area contributed by atoms with E-state index in [4.69, 9.17) is 15.3 Å². The van der Waals surface area contributed by atoms with Gasteiger partial charge in [0.25, 0.3) is 0 Å². The Labute approximate surface area is 319 Å². The number of benzene rings is 4. The normalized spacial score (nSPS) is 14.4. The van der Waals surface area contributed by atoms with Gasteiger partial charge >= 0.3 is 0 Å². The van der Waals surface area contributed by atoms with Gasteiger partial charge in [0.15, 0.2) is 0 Å². The highest BCUT2D eigenvalue weighted by molar-refractivity contribution is 7.12. The number of rotatable bonds is 4. The molecule has 0 spiro atoms. The molecule has 4 aromatic carbocycles. The minimum atomic E-state index is 0.0127. The van der Waals surface area contributed by atoms with Crippen LogP contribution in [-0.2, 0) is 19.3 Å². The second-order valence-corrected chi connectivity index (χ2v) is 14.8. The molecule has 266 valence electrons. The Balaban J connectivity index is 0.000000128. The smallest absolute Gasteiger partial charge is 0.138 e. The van der Waals surface area contributed by atoms with Crippen molar-refractivity contribution in [3.05, 3.63) is 142 Å². The van der Waals surface area contributed by atoms with Crippen LogP contribution in [0.25, 0.3) is 31.8 Å². The number of phenols is 1. The first-order valence-electron chi connectivity index (χ1n) is 17.7. The number of aromatic nitrogens is 6. The molecule has 54 heavy (non-hydrogen) atoms. The summed E-state index contributed by atoms with van der Waals surface area (Å²) in [6.07, 6.45) is 15.2. The first kappa shape index (κ1) is 34.7. The van der Waals surface area contributed by atoms with E-state index < -0.39 is 0 Å². The highest BCUT2D eigenvalue weighted by atomic mass is 32.1. The van der Waals surface area contributed by atoms with Crippen LogP contribution < -0.4 is 4.74 Å². The molecule has 0 saturated heterocycles. The second-order valence-electron chi connectivity index (χ2n) is 13.1. The maximum atomic E-state index is 9.42. The molecule has 4 aromatic heterocycles. The fourth-order valence-electron chi connectivity index (χ4n) is 6.99. The lowest BCUT2D eigenvalue weighted by Crippen LogP contribution is -2.15. The van der Waals surface area contributed by atoms with E-state index in [2.05, 4.69) is 38.4 Å². The first-order chi connectivity index (χ1) is 26.6.